The molecule has 0 bridgehead atoms. The number of ether oxygens (including phenoxy) is 1. The van der Waals surface area contributed by atoms with Gasteiger partial charge in [0, 0.05) is 18.3 Å². The zero-order valence-corrected chi connectivity index (χ0v) is 41.6. The smallest absolute Gasteiger partial charge is 0.287 e. The van der Waals surface area contributed by atoms with Crippen LogP contribution in [0, 0.1) is 6.92 Å². The lowest BCUT2D eigenvalue weighted by Crippen LogP contribution is -2.47. The first-order valence-electron chi connectivity index (χ1n) is 23.4. The van der Waals surface area contributed by atoms with Crippen LogP contribution in [0.25, 0.3) is 11.4 Å². The molecule has 7 aromatic rings. The van der Waals surface area contributed by atoms with Crippen molar-refractivity contribution in [1.29, 1.82) is 0 Å². The van der Waals surface area contributed by atoms with Crippen molar-refractivity contribution < 1.29 is 33.5 Å². The maximum Gasteiger partial charge on any atom is 0.287 e. The Bertz CT molecular complexity index is 2820. The van der Waals surface area contributed by atoms with Crippen molar-refractivity contribution in [2.45, 2.75) is 92.3 Å². The molecule has 0 fully saturated rings. The fourth-order valence-corrected chi connectivity index (χ4v) is 6.88. The molecule has 2 heterocycles. The summed E-state index contributed by atoms with van der Waals surface area (Å²) in [6, 6.07) is 45.6. The largest absolute Gasteiger partial charge is 0.489 e. The Balaban J connectivity index is 0.000000291. The fourth-order valence-electron chi connectivity index (χ4n) is 6.88. The van der Waals surface area contributed by atoms with Gasteiger partial charge in [-0.2, -0.15) is 10.2 Å². The first-order chi connectivity index (χ1) is 34.1. The number of hydrogen-bond acceptors (Lipinski definition) is 9. The van der Waals surface area contributed by atoms with Gasteiger partial charge in [0.1, 0.15) is 35.8 Å². The van der Waals surface area contributed by atoms with Crippen LogP contribution in [0.2, 0.25) is 0 Å². The van der Waals surface area contributed by atoms with Crippen molar-refractivity contribution in [1.82, 2.24) is 30.2 Å². The molecule has 4 amide bonds. The Morgan fingerprint density at radius 1 is 0.535 bits per heavy atom. The Kier molecular flexibility index (Phi) is 20.9. The third kappa shape index (κ3) is 16.1. The van der Waals surface area contributed by atoms with Crippen molar-refractivity contribution in [3.8, 4) is 17.1 Å². The number of hydrogen-bond donors (Lipinski definition) is 4. The number of aromatic nitrogens is 4. The zero-order valence-electron chi connectivity index (χ0n) is 41.6. The lowest BCUT2D eigenvalue weighted by Gasteiger charge is -2.17. The number of primary amides is 2. The molecule has 0 saturated heterocycles. The second-order valence-corrected chi connectivity index (χ2v) is 16.7. The van der Waals surface area contributed by atoms with Crippen molar-refractivity contribution in [2.75, 3.05) is 0 Å². The molecule has 0 aliphatic rings. The Hall–Kier alpha value is -8.46. The van der Waals surface area contributed by atoms with Crippen molar-refractivity contribution >= 4 is 35.2 Å². The van der Waals surface area contributed by atoms with E-state index in [1.807, 2.05) is 194 Å². The van der Waals surface area contributed by atoms with Crippen LogP contribution in [0.5, 0.6) is 5.75 Å². The molecule has 2 unspecified atom stereocenters. The van der Waals surface area contributed by atoms with E-state index < -0.39 is 47.3 Å². The molecule has 0 saturated carbocycles. The van der Waals surface area contributed by atoms with Gasteiger partial charge >= 0.3 is 0 Å². The zero-order chi connectivity index (χ0) is 52.1. The summed E-state index contributed by atoms with van der Waals surface area (Å²) in [4.78, 5) is 74.5. The Morgan fingerprint density at radius 2 is 0.930 bits per heavy atom. The summed E-state index contributed by atoms with van der Waals surface area (Å²) < 4.78 is 8.83. The van der Waals surface area contributed by atoms with E-state index in [0.29, 0.717) is 23.7 Å². The number of Topliss-reactive ketones (excluding diaryl/α,β-unsaturated/α-hetero) is 2. The number of carbonyl (C=O) groups excluding carboxylic acids is 6. The summed E-state index contributed by atoms with van der Waals surface area (Å²) in [5, 5.41) is 14.4. The normalized spacial score (nSPS) is 11.3. The second kappa shape index (κ2) is 26.9. The van der Waals surface area contributed by atoms with Crippen LogP contribution >= 0.6 is 0 Å². The Labute approximate surface area is 415 Å². The molecule has 370 valence electrons. The van der Waals surface area contributed by atoms with Gasteiger partial charge in [-0.3, -0.25) is 28.8 Å². The van der Waals surface area contributed by atoms with Gasteiger partial charge in [-0.25, -0.2) is 9.36 Å². The molecule has 2 atom stereocenters. The van der Waals surface area contributed by atoms with Gasteiger partial charge in [-0.15, -0.1) is 0 Å². The van der Waals surface area contributed by atoms with Crippen LogP contribution in [-0.2, 0) is 44.0 Å². The minimum Gasteiger partial charge on any atom is -0.489 e. The average molecular weight is 961 g/mol. The third-order valence-corrected chi connectivity index (χ3v) is 10.4. The quantitative estimate of drug-likeness (QED) is 0.0654. The van der Waals surface area contributed by atoms with Crippen LogP contribution < -0.4 is 26.8 Å². The van der Waals surface area contributed by atoms with Gasteiger partial charge in [-0.1, -0.05) is 158 Å². The molecule has 15 heteroatoms. The number of benzene rings is 5. The second-order valence-electron chi connectivity index (χ2n) is 16.7. The van der Waals surface area contributed by atoms with Crippen molar-refractivity contribution in [3.05, 3.63) is 197 Å². The standard InChI is InChI=1S/C28H26N4O4.C24H26N4O3.2C2H6/c1-19-16-25(28(35)30-24(26(33)27(29)34)17-20-8-4-2-5-9-20)32(31-19)22-14-12-21(13-15-22)18-36-23-10-6-3-7-11-23;1-24(2,3)20-15-19(28(27-20)17-12-8-5-9-13-17)23(31)26-18(21(29)22(25)30)14-16-10-6-4-7-11-16;2*1-2/h2-16,24H,17-18H2,1H3,(H2,29,34)(H,30,35);4-13,15,18H,14H2,1-3H3,(H2,25,30)(H,26,31);2*1-2H3. The summed E-state index contributed by atoms with van der Waals surface area (Å²) in [6.07, 6.45) is 0.289. The summed E-state index contributed by atoms with van der Waals surface area (Å²) in [7, 11) is 0. The fraction of sp³-hybridized carbons (Fsp3) is 0.250. The van der Waals surface area contributed by atoms with Gasteiger partial charge in [0.05, 0.1) is 22.8 Å². The number of rotatable bonds is 17. The van der Waals surface area contributed by atoms with E-state index in [4.69, 9.17) is 16.2 Å². The highest BCUT2D eigenvalue weighted by Crippen LogP contribution is 2.24. The molecular weight excluding hydrogens is 897 g/mol. The van der Waals surface area contributed by atoms with E-state index >= 15 is 0 Å². The maximum absolute atomic E-state index is 13.2. The molecule has 0 aliphatic carbocycles. The first-order valence-corrected chi connectivity index (χ1v) is 23.4. The van der Waals surface area contributed by atoms with Crippen LogP contribution in [0.15, 0.2) is 158 Å². The molecule has 5 aromatic carbocycles. The minimum absolute atomic E-state index is 0.136. The van der Waals surface area contributed by atoms with Crippen molar-refractivity contribution in [3.63, 3.8) is 0 Å². The number of nitrogens with one attached hydrogen (secondary N) is 2. The predicted molar refractivity (Wildman–Crippen MR) is 275 cm³/mol. The highest BCUT2D eigenvalue weighted by atomic mass is 16.5. The molecule has 0 aliphatic heterocycles. The molecule has 15 nitrogen and oxygen atoms in total. The molecule has 2 aromatic heterocycles. The van der Waals surface area contributed by atoms with E-state index in [1.165, 1.54) is 4.68 Å². The van der Waals surface area contributed by atoms with Gasteiger partial charge in [0.15, 0.2) is 0 Å². The topological polar surface area (TPSA) is 223 Å². The van der Waals surface area contributed by atoms with E-state index in [-0.39, 0.29) is 29.6 Å². The number of nitrogens with zero attached hydrogens (tertiary/aromatic N) is 4. The van der Waals surface area contributed by atoms with Gasteiger partial charge in [0.2, 0.25) is 11.6 Å². The first kappa shape index (κ1) is 55.1. The number of carbonyl (C=O) groups is 6. The summed E-state index contributed by atoms with van der Waals surface area (Å²) in [6.45, 7) is 16.2. The predicted octanol–water partition coefficient (Wildman–Crippen LogP) is 7.77. The lowest BCUT2D eigenvalue weighted by atomic mass is 9.92. The highest BCUT2D eigenvalue weighted by Gasteiger charge is 2.30. The van der Waals surface area contributed by atoms with Gasteiger partial charge in [-0.05, 0) is 72.1 Å². The molecule has 0 spiro atoms. The maximum atomic E-state index is 13.2. The van der Waals surface area contributed by atoms with Crippen molar-refractivity contribution in [2.24, 2.45) is 11.5 Å². The Morgan fingerprint density at radius 3 is 1.37 bits per heavy atom. The van der Waals surface area contributed by atoms with Crippen LogP contribution in [0.3, 0.4) is 0 Å². The summed E-state index contributed by atoms with van der Waals surface area (Å²) in [5.41, 5.74) is 15.9. The number of amides is 4. The molecule has 71 heavy (non-hydrogen) atoms. The number of aryl methyl sites for hydroxylation is 1. The van der Waals surface area contributed by atoms with E-state index in [2.05, 4.69) is 20.8 Å². The average Bonchev–Trinajstić information content (AvgIpc) is 4.03. The third-order valence-electron chi connectivity index (χ3n) is 10.4. The lowest BCUT2D eigenvalue weighted by molar-refractivity contribution is -0.137. The van der Waals surface area contributed by atoms with E-state index in [1.54, 1.807) is 23.7 Å². The molecule has 6 N–H and O–H groups in total. The summed E-state index contributed by atoms with van der Waals surface area (Å²) >= 11 is 0. The van der Waals surface area contributed by atoms with Crippen LogP contribution in [-0.4, -0.2) is 66.8 Å². The SMILES string of the molecule is CC.CC.CC(C)(C)c1cc(C(=O)NC(Cc2ccccc2)C(=O)C(N)=O)n(-c2ccccc2)n1.Cc1cc(C(=O)NC(Cc2ccccc2)C(=O)C(N)=O)n(-c2ccc(COc3ccccc3)cc2)n1. The molecule has 7 rings (SSSR count). The van der Waals surface area contributed by atoms with Crippen LogP contribution in [0.1, 0.15) is 97.5 Å². The summed E-state index contributed by atoms with van der Waals surface area (Å²) in [5.74, 6) is -4.18. The van der Waals surface area contributed by atoms with Gasteiger partial charge < -0.3 is 26.8 Å². The number of para-hydroxylation sites is 2. The van der Waals surface area contributed by atoms with E-state index in [9.17, 15) is 28.8 Å². The highest BCUT2D eigenvalue weighted by molar-refractivity contribution is 6.38. The monoisotopic (exact) mass is 960 g/mol. The minimum atomic E-state index is -1.10. The number of nitrogens with two attached hydrogens (primary N) is 2. The molecular formula is C56H64N8O7. The van der Waals surface area contributed by atoms with Gasteiger partial charge in [0.25, 0.3) is 23.6 Å². The molecule has 0 radical (unpaired) electrons. The number of ketones is 2. The van der Waals surface area contributed by atoms with Crippen LogP contribution in [0.4, 0.5) is 0 Å². The van der Waals surface area contributed by atoms with E-state index in [0.717, 1.165) is 28.1 Å².